The van der Waals surface area contributed by atoms with Crippen molar-refractivity contribution in [3.8, 4) is 6.07 Å². The normalized spacial score (nSPS) is 17.6. The summed E-state index contributed by atoms with van der Waals surface area (Å²) in [6.45, 7) is 1.86. The maximum Gasteiger partial charge on any atom is 0.341 e. The minimum atomic E-state index is -0.412. The number of nitrogens with zero attached hydrogens (tertiary/aromatic N) is 1. The van der Waals surface area contributed by atoms with Crippen molar-refractivity contribution in [3.63, 3.8) is 0 Å². The molecule has 2 aliphatic rings. The van der Waals surface area contributed by atoms with Crippen molar-refractivity contribution in [2.45, 2.75) is 73.7 Å². The monoisotopic (exact) mass is 550 g/mol. The van der Waals surface area contributed by atoms with Gasteiger partial charge in [0.2, 0.25) is 5.91 Å². The number of carbonyl (C=O) groups excluding carboxylic acids is 2. The Morgan fingerprint density at radius 3 is 2.62 bits per heavy atom. The van der Waals surface area contributed by atoms with Gasteiger partial charge < -0.3 is 10.1 Å². The number of anilines is 1. The number of aryl methyl sites for hydroxylation is 1. The van der Waals surface area contributed by atoms with E-state index in [-0.39, 0.29) is 11.9 Å². The number of carbonyl (C=O) groups is 2. The summed E-state index contributed by atoms with van der Waals surface area (Å²) in [5.74, 6) is -0.0899. The fourth-order valence-electron chi connectivity index (χ4n) is 5.34. The number of methoxy groups -OCH3 is 1. The summed E-state index contributed by atoms with van der Waals surface area (Å²) in [7, 11) is 1.39. The second-order valence-corrected chi connectivity index (χ2v) is 13.5. The molecule has 192 valence electrons. The third-order valence-electron chi connectivity index (χ3n) is 7.32. The van der Waals surface area contributed by atoms with E-state index in [0.717, 1.165) is 72.3 Å². The zero-order valence-corrected chi connectivity index (χ0v) is 23.5. The molecule has 0 saturated heterocycles. The lowest BCUT2D eigenvalue weighted by Crippen LogP contribution is -2.23. The molecule has 2 aliphatic carbocycles. The number of hydrogen-bond acceptors (Lipinski definition) is 7. The highest BCUT2D eigenvalue weighted by Gasteiger charge is 2.30. The summed E-state index contributed by atoms with van der Waals surface area (Å²) in [5.41, 5.74) is 4.79. The molecule has 3 aromatic rings. The van der Waals surface area contributed by atoms with Crippen LogP contribution in [-0.2, 0) is 35.2 Å². The topological polar surface area (TPSA) is 79.2 Å². The minimum Gasteiger partial charge on any atom is -0.465 e. The van der Waals surface area contributed by atoms with Crippen molar-refractivity contribution < 1.29 is 14.3 Å². The maximum absolute atomic E-state index is 13.3. The number of ether oxygens (including phenoxy) is 1. The molecule has 2 atom stereocenters. The van der Waals surface area contributed by atoms with Gasteiger partial charge in [-0.3, -0.25) is 4.79 Å². The first kappa shape index (κ1) is 26.0. The summed E-state index contributed by atoms with van der Waals surface area (Å²) in [4.78, 5) is 28.4. The highest BCUT2D eigenvalue weighted by molar-refractivity contribution is 8.02. The first-order valence-corrected chi connectivity index (χ1v) is 15.3. The van der Waals surface area contributed by atoms with Crippen LogP contribution in [-0.4, -0.2) is 24.2 Å². The molecular formula is C29H30N2O3S3. The largest absolute Gasteiger partial charge is 0.465 e. The third-order valence-corrected chi connectivity index (χ3v) is 11.1. The number of amides is 1. The molecule has 0 bridgehead atoms. The summed E-state index contributed by atoms with van der Waals surface area (Å²) < 4.78 is 5.99. The van der Waals surface area contributed by atoms with Gasteiger partial charge in [-0.1, -0.05) is 36.8 Å². The number of benzene rings is 1. The number of hydrogen-bond donors (Lipinski definition) is 1. The Hall–Kier alpha value is -2.60. The molecule has 2 unspecified atom stereocenters. The van der Waals surface area contributed by atoms with E-state index < -0.39 is 5.25 Å². The van der Waals surface area contributed by atoms with Gasteiger partial charge in [0, 0.05) is 9.75 Å². The Labute approximate surface area is 230 Å². The molecule has 2 heterocycles. The van der Waals surface area contributed by atoms with E-state index in [1.807, 2.05) is 13.0 Å². The number of fused-ring (bicyclic) bond motifs is 2. The lowest BCUT2D eigenvalue weighted by atomic mass is 9.83. The molecule has 1 aromatic carbocycles. The molecule has 8 heteroatoms. The molecule has 37 heavy (non-hydrogen) atoms. The Morgan fingerprint density at radius 1 is 1.08 bits per heavy atom. The molecule has 0 saturated carbocycles. The highest BCUT2D eigenvalue weighted by atomic mass is 32.2. The molecule has 0 aliphatic heterocycles. The van der Waals surface area contributed by atoms with Crippen LogP contribution in [0.25, 0.3) is 0 Å². The van der Waals surface area contributed by atoms with Gasteiger partial charge in [-0.15, -0.1) is 34.4 Å². The molecule has 0 spiro atoms. The van der Waals surface area contributed by atoms with Crippen molar-refractivity contribution in [2.24, 2.45) is 0 Å². The van der Waals surface area contributed by atoms with Crippen LogP contribution < -0.4 is 5.32 Å². The van der Waals surface area contributed by atoms with E-state index in [4.69, 9.17) is 4.74 Å². The van der Waals surface area contributed by atoms with E-state index in [9.17, 15) is 14.9 Å². The maximum atomic E-state index is 13.3. The van der Waals surface area contributed by atoms with Crippen molar-refractivity contribution in [1.82, 2.24) is 0 Å². The van der Waals surface area contributed by atoms with Crippen molar-refractivity contribution in [2.75, 3.05) is 12.4 Å². The van der Waals surface area contributed by atoms with Crippen LogP contribution in [0.3, 0.4) is 0 Å². The van der Waals surface area contributed by atoms with Crippen LogP contribution in [0.5, 0.6) is 0 Å². The first-order valence-electron chi connectivity index (χ1n) is 12.8. The predicted octanol–water partition coefficient (Wildman–Crippen LogP) is 7.13. The molecule has 2 aromatic heterocycles. The van der Waals surface area contributed by atoms with Crippen molar-refractivity contribution in [1.29, 1.82) is 5.26 Å². The first-order chi connectivity index (χ1) is 18.0. The molecule has 5 rings (SSSR count). The van der Waals surface area contributed by atoms with Gasteiger partial charge in [-0.2, -0.15) is 5.26 Å². The summed E-state index contributed by atoms with van der Waals surface area (Å²) in [6.07, 6.45) is 7.91. The molecule has 1 amide bonds. The summed E-state index contributed by atoms with van der Waals surface area (Å²) in [5, 5.41) is 13.2. The standard InChI is InChI=1S/C29H30N2O3S3/c1-17(26(32)31-27-25(28(33)34-2)21-11-7-4-8-12-23(21)36-27)35-29-22(16-30)20-14-13-19(15-24(20)37-29)18-9-5-3-6-10-18/h3,5-6,9-10,17,19H,4,7-8,11-15H2,1-2H3,(H,31,32). The average molecular weight is 551 g/mol. The number of rotatable bonds is 6. The highest BCUT2D eigenvalue weighted by Crippen LogP contribution is 2.45. The number of nitrogens with one attached hydrogen (secondary N) is 1. The number of nitriles is 1. The van der Waals surface area contributed by atoms with Gasteiger partial charge in [-0.05, 0) is 74.5 Å². The second kappa shape index (κ2) is 11.4. The molecule has 1 N–H and O–H groups in total. The van der Waals surface area contributed by atoms with Crippen LogP contribution in [0.2, 0.25) is 0 Å². The summed E-state index contributed by atoms with van der Waals surface area (Å²) in [6, 6.07) is 13.0. The van der Waals surface area contributed by atoms with Crippen LogP contribution in [0, 0.1) is 11.3 Å². The molecule has 0 fully saturated rings. The molecule has 0 radical (unpaired) electrons. The minimum absolute atomic E-state index is 0.163. The van der Waals surface area contributed by atoms with Crippen molar-refractivity contribution in [3.05, 3.63) is 67.9 Å². The lowest BCUT2D eigenvalue weighted by molar-refractivity contribution is -0.115. The van der Waals surface area contributed by atoms with E-state index in [1.54, 1.807) is 11.3 Å². The Bertz CT molecular complexity index is 1350. The van der Waals surface area contributed by atoms with Crippen LogP contribution in [0.15, 0.2) is 34.5 Å². The van der Waals surface area contributed by atoms with Crippen LogP contribution in [0.4, 0.5) is 5.00 Å². The van der Waals surface area contributed by atoms with Gasteiger partial charge in [0.1, 0.15) is 11.1 Å². The number of thioether (sulfide) groups is 1. The van der Waals surface area contributed by atoms with E-state index in [1.165, 1.54) is 45.5 Å². The Morgan fingerprint density at radius 2 is 1.86 bits per heavy atom. The van der Waals surface area contributed by atoms with Crippen LogP contribution in [0.1, 0.15) is 80.9 Å². The third kappa shape index (κ3) is 5.36. The average Bonchev–Trinajstić information content (AvgIpc) is 3.34. The fraction of sp³-hybridized carbons (Fsp3) is 0.414. The smallest absolute Gasteiger partial charge is 0.341 e. The van der Waals surface area contributed by atoms with Crippen LogP contribution >= 0.6 is 34.4 Å². The zero-order chi connectivity index (χ0) is 25.9. The van der Waals surface area contributed by atoms with E-state index in [0.29, 0.717) is 16.5 Å². The number of esters is 1. The number of thiophene rings is 2. The Balaban J connectivity index is 1.33. The molecule has 5 nitrogen and oxygen atoms in total. The van der Waals surface area contributed by atoms with Gasteiger partial charge in [0.15, 0.2) is 0 Å². The SMILES string of the molecule is COC(=O)c1c(NC(=O)C(C)Sc2sc3c(c2C#N)CCC(c2ccccc2)C3)sc2c1CCCCC2. The lowest BCUT2D eigenvalue weighted by Gasteiger charge is -2.22. The van der Waals surface area contributed by atoms with E-state index in [2.05, 4.69) is 35.7 Å². The van der Waals surface area contributed by atoms with Gasteiger partial charge >= 0.3 is 5.97 Å². The second-order valence-electron chi connectivity index (χ2n) is 9.64. The van der Waals surface area contributed by atoms with E-state index >= 15 is 0 Å². The fourth-order valence-corrected chi connectivity index (χ4v) is 9.43. The van der Waals surface area contributed by atoms with Gasteiger partial charge in [0.25, 0.3) is 0 Å². The Kier molecular flexibility index (Phi) is 8.04. The molecular weight excluding hydrogens is 521 g/mol. The quantitative estimate of drug-likeness (QED) is 0.201. The zero-order valence-electron chi connectivity index (χ0n) is 21.1. The summed E-state index contributed by atoms with van der Waals surface area (Å²) >= 11 is 4.61. The van der Waals surface area contributed by atoms with Gasteiger partial charge in [-0.25, -0.2) is 4.79 Å². The van der Waals surface area contributed by atoms with Crippen molar-refractivity contribution >= 4 is 51.3 Å². The van der Waals surface area contributed by atoms with Gasteiger partial charge in [0.05, 0.1) is 27.7 Å². The predicted molar refractivity (Wildman–Crippen MR) is 151 cm³/mol.